The Morgan fingerprint density at radius 1 is 1.83 bits per heavy atom. The van der Waals surface area contributed by atoms with Crippen LogP contribution in [0.3, 0.4) is 0 Å². The van der Waals surface area contributed by atoms with Crippen molar-refractivity contribution in [2.45, 2.75) is 0 Å². The van der Waals surface area contributed by atoms with E-state index in [1.807, 2.05) is 0 Å². The second kappa shape index (κ2) is 2.45. The number of hydrogen-bond donors (Lipinski definition) is 1. The molecule has 0 heterocycles. The number of carboxylic acid groups (broad SMARTS) is 1. The minimum atomic E-state index is -0.954. The standard InChI is InChI=1S/C4H5O2/c1-2-3-4(5)6/h2-3H,1H2,(H,5,6). The normalized spacial score (nSPS) is 7.33. The molecular formula is C4H5O2. The fraction of sp³-hybridized carbons (Fsp3) is 0. The fourth-order valence-electron chi connectivity index (χ4n) is 0.101. The average molecular weight is 85.1 g/mol. The highest BCUT2D eigenvalue weighted by Crippen LogP contribution is 1.71. The van der Waals surface area contributed by atoms with Gasteiger partial charge >= 0.3 is 5.97 Å². The lowest BCUT2D eigenvalue weighted by Crippen LogP contribution is -1.89. The summed E-state index contributed by atoms with van der Waals surface area (Å²) in [5.41, 5.74) is 0. The van der Waals surface area contributed by atoms with Crippen LogP contribution in [0, 0.1) is 6.42 Å². The van der Waals surface area contributed by atoms with Crippen LogP contribution in [0.4, 0.5) is 0 Å². The third-order valence-corrected chi connectivity index (χ3v) is 0.260. The molecule has 2 nitrogen and oxygen atoms in total. The predicted molar refractivity (Wildman–Crippen MR) is 22.1 cm³/mol. The third kappa shape index (κ3) is 3.21. The van der Waals surface area contributed by atoms with E-state index < -0.39 is 5.97 Å². The van der Waals surface area contributed by atoms with E-state index in [0.717, 1.165) is 6.42 Å². The third-order valence-electron chi connectivity index (χ3n) is 0.260. The van der Waals surface area contributed by atoms with Crippen molar-refractivity contribution in [3.63, 3.8) is 0 Å². The summed E-state index contributed by atoms with van der Waals surface area (Å²) in [7, 11) is 0. The number of carbonyl (C=O) groups is 1. The molecule has 0 aromatic rings. The molecule has 0 saturated carbocycles. The molecular weight excluding hydrogens is 80.0 g/mol. The van der Waals surface area contributed by atoms with E-state index in [4.69, 9.17) is 5.11 Å². The molecule has 6 heavy (non-hydrogen) atoms. The smallest absolute Gasteiger partial charge is 0.311 e. The highest BCUT2D eigenvalue weighted by molar-refractivity contribution is 5.78. The van der Waals surface area contributed by atoms with Crippen molar-refractivity contribution in [2.75, 3.05) is 0 Å². The van der Waals surface area contributed by atoms with Crippen molar-refractivity contribution in [2.24, 2.45) is 0 Å². The summed E-state index contributed by atoms with van der Waals surface area (Å²) in [5.74, 6) is -0.954. The quantitative estimate of drug-likeness (QED) is 0.529. The zero-order valence-corrected chi connectivity index (χ0v) is 3.22. The van der Waals surface area contributed by atoms with Crippen molar-refractivity contribution < 1.29 is 9.90 Å². The van der Waals surface area contributed by atoms with Crippen LogP contribution in [0.1, 0.15) is 0 Å². The van der Waals surface area contributed by atoms with Crippen molar-refractivity contribution in [3.8, 4) is 0 Å². The molecule has 0 aliphatic rings. The Morgan fingerprint density at radius 3 is 2.33 bits per heavy atom. The van der Waals surface area contributed by atoms with E-state index in [9.17, 15) is 4.79 Å². The summed E-state index contributed by atoms with van der Waals surface area (Å²) in [6.45, 7) is 3.16. The molecule has 0 amide bonds. The molecule has 0 fully saturated rings. The fourth-order valence-corrected chi connectivity index (χ4v) is 0.101. The summed E-state index contributed by atoms with van der Waals surface area (Å²) in [5, 5.41) is 7.79. The van der Waals surface area contributed by atoms with Gasteiger partial charge in [-0.15, -0.1) is 6.58 Å². The molecule has 0 bridgehead atoms. The van der Waals surface area contributed by atoms with Gasteiger partial charge in [0.1, 0.15) is 0 Å². The lowest BCUT2D eigenvalue weighted by atomic mass is 10.4. The zero-order valence-electron chi connectivity index (χ0n) is 3.22. The van der Waals surface area contributed by atoms with Gasteiger partial charge in [-0.3, -0.25) is 4.79 Å². The van der Waals surface area contributed by atoms with Crippen molar-refractivity contribution in [1.29, 1.82) is 0 Å². The van der Waals surface area contributed by atoms with Crippen molar-refractivity contribution in [3.05, 3.63) is 19.1 Å². The molecule has 0 aromatic heterocycles. The van der Waals surface area contributed by atoms with E-state index in [0.29, 0.717) is 0 Å². The van der Waals surface area contributed by atoms with Gasteiger partial charge < -0.3 is 5.11 Å². The van der Waals surface area contributed by atoms with Crippen LogP contribution >= 0.6 is 0 Å². The topological polar surface area (TPSA) is 37.3 Å². The first-order chi connectivity index (χ1) is 2.77. The Hall–Kier alpha value is -0.790. The molecule has 0 rings (SSSR count). The molecule has 0 unspecified atom stereocenters. The molecule has 0 aliphatic heterocycles. The van der Waals surface area contributed by atoms with Gasteiger partial charge in [0.2, 0.25) is 0 Å². The monoisotopic (exact) mass is 85.0 g/mol. The molecule has 2 heteroatoms. The van der Waals surface area contributed by atoms with Crippen molar-refractivity contribution in [1.82, 2.24) is 0 Å². The maximum absolute atomic E-state index is 9.47. The number of hydrogen-bond acceptors (Lipinski definition) is 1. The van der Waals surface area contributed by atoms with Gasteiger partial charge in [-0.1, -0.05) is 6.08 Å². The maximum atomic E-state index is 9.47. The summed E-state index contributed by atoms with van der Waals surface area (Å²) >= 11 is 0. The number of carboxylic acids is 1. The molecule has 0 spiro atoms. The summed E-state index contributed by atoms with van der Waals surface area (Å²) in [6.07, 6.45) is 2.20. The molecule has 0 aliphatic carbocycles. The SMILES string of the molecule is C=C[CH]C(=O)O. The first-order valence-electron chi connectivity index (χ1n) is 1.46. The Balaban J connectivity index is 3.05. The minimum absolute atomic E-state index is 0.954. The molecule has 0 aromatic carbocycles. The van der Waals surface area contributed by atoms with E-state index in [1.54, 1.807) is 0 Å². The van der Waals surface area contributed by atoms with E-state index in [2.05, 4.69) is 6.58 Å². The van der Waals surface area contributed by atoms with Gasteiger partial charge in [-0.2, -0.15) is 0 Å². The Morgan fingerprint density at radius 2 is 2.33 bits per heavy atom. The summed E-state index contributed by atoms with van der Waals surface area (Å²) < 4.78 is 0. The van der Waals surface area contributed by atoms with Crippen molar-refractivity contribution >= 4 is 5.97 Å². The minimum Gasteiger partial charge on any atom is -0.481 e. The van der Waals surface area contributed by atoms with Gasteiger partial charge in [0, 0.05) is 0 Å². The maximum Gasteiger partial charge on any atom is 0.311 e. The van der Waals surface area contributed by atoms with Gasteiger partial charge in [-0.05, 0) is 0 Å². The van der Waals surface area contributed by atoms with Gasteiger partial charge in [0.05, 0.1) is 6.42 Å². The molecule has 0 saturated heterocycles. The van der Waals surface area contributed by atoms with E-state index in [1.165, 1.54) is 6.08 Å². The molecule has 0 atom stereocenters. The summed E-state index contributed by atoms with van der Waals surface area (Å²) in [4.78, 5) is 9.47. The van der Waals surface area contributed by atoms with Crippen LogP contribution in [0.5, 0.6) is 0 Å². The zero-order chi connectivity index (χ0) is 4.99. The van der Waals surface area contributed by atoms with Crippen LogP contribution in [0.15, 0.2) is 12.7 Å². The predicted octanol–water partition coefficient (Wildman–Crippen LogP) is 0.461. The van der Waals surface area contributed by atoms with E-state index in [-0.39, 0.29) is 0 Å². The summed E-state index contributed by atoms with van der Waals surface area (Å²) in [6, 6.07) is 0. The largest absolute Gasteiger partial charge is 0.481 e. The highest BCUT2D eigenvalue weighted by Gasteiger charge is 1.85. The molecule has 33 valence electrons. The lowest BCUT2D eigenvalue weighted by molar-refractivity contribution is -0.132. The van der Waals surface area contributed by atoms with Gasteiger partial charge in [-0.25, -0.2) is 0 Å². The second-order valence-electron chi connectivity index (χ2n) is 0.741. The van der Waals surface area contributed by atoms with E-state index >= 15 is 0 Å². The van der Waals surface area contributed by atoms with Crippen LogP contribution in [0.2, 0.25) is 0 Å². The second-order valence-corrected chi connectivity index (χ2v) is 0.741. The lowest BCUT2D eigenvalue weighted by Gasteiger charge is -1.74. The highest BCUT2D eigenvalue weighted by atomic mass is 16.4. The Bertz CT molecular complexity index is 65.9. The molecule has 1 radical (unpaired) electrons. The Kier molecular flexibility index (Phi) is 2.13. The van der Waals surface area contributed by atoms with Crippen LogP contribution < -0.4 is 0 Å². The van der Waals surface area contributed by atoms with Gasteiger partial charge in [0.25, 0.3) is 0 Å². The Labute approximate surface area is 36.1 Å². The van der Waals surface area contributed by atoms with Gasteiger partial charge in [0.15, 0.2) is 0 Å². The number of aliphatic carboxylic acids is 1. The first kappa shape index (κ1) is 5.21. The number of rotatable bonds is 2. The average Bonchev–Trinajstić information content (AvgIpc) is 1.35. The van der Waals surface area contributed by atoms with Crippen LogP contribution in [-0.4, -0.2) is 11.1 Å². The molecule has 1 N–H and O–H groups in total. The first-order valence-corrected chi connectivity index (χ1v) is 1.46. The van der Waals surface area contributed by atoms with Crippen LogP contribution in [0.25, 0.3) is 0 Å². The van der Waals surface area contributed by atoms with Crippen LogP contribution in [-0.2, 0) is 4.79 Å².